The minimum Gasteiger partial charge on any atom is -0.351 e. The molecule has 0 unspecified atom stereocenters. The summed E-state index contributed by atoms with van der Waals surface area (Å²) in [7, 11) is 4.35. The van der Waals surface area contributed by atoms with Crippen molar-refractivity contribution in [3.63, 3.8) is 0 Å². The van der Waals surface area contributed by atoms with E-state index in [1.54, 1.807) is 4.68 Å². The summed E-state index contributed by atoms with van der Waals surface area (Å²) in [5, 5.41) is 15.5. The second kappa shape index (κ2) is 6.44. The quantitative estimate of drug-likeness (QED) is 0.918. The number of para-hydroxylation sites is 1. The van der Waals surface area contributed by atoms with Crippen LogP contribution in [0.1, 0.15) is 32.1 Å². The first kappa shape index (κ1) is 15.0. The predicted octanol–water partition coefficient (Wildman–Crippen LogP) is 2.34. The Morgan fingerprint density at radius 1 is 1.14 bits per heavy atom. The summed E-state index contributed by atoms with van der Waals surface area (Å²) in [5.74, 6) is 0.706. The summed E-state index contributed by atoms with van der Waals surface area (Å²) in [6, 6.07) is 9.98. The normalized spacial score (nSPS) is 17.6. The van der Waals surface area contributed by atoms with E-state index in [0.717, 1.165) is 12.2 Å². The van der Waals surface area contributed by atoms with E-state index in [1.165, 1.54) is 32.1 Å². The van der Waals surface area contributed by atoms with Crippen molar-refractivity contribution in [1.29, 1.82) is 0 Å². The Labute approximate surface area is 131 Å². The minimum atomic E-state index is 0.200. The number of hydrogen-bond donors (Lipinski definition) is 1. The highest BCUT2D eigenvalue weighted by molar-refractivity contribution is 5.38. The van der Waals surface area contributed by atoms with Crippen LogP contribution in [0.3, 0.4) is 0 Å². The molecular weight excluding hydrogens is 276 g/mol. The van der Waals surface area contributed by atoms with Crippen molar-refractivity contribution in [1.82, 2.24) is 25.1 Å². The van der Waals surface area contributed by atoms with Crippen LogP contribution in [0.2, 0.25) is 0 Å². The third-order valence-corrected chi connectivity index (χ3v) is 4.78. The van der Waals surface area contributed by atoms with Crippen LogP contribution in [0.4, 0.5) is 5.95 Å². The summed E-state index contributed by atoms with van der Waals surface area (Å²) in [5.41, 5.74) is 1.17. The Bertz CT molecular complexity index is 586. The highest BCUT2D eigenvalue weighted by Crippen LogP contribution is 2.32. The Balaban J connectivity index is 1.75. The van der Waals surface area contributed by atoms with Gasteiger partial charge in [0.25, 0.3) is 0 Å². The van der Waals surface area contributed by atoms with Gasteiger partial charge in [-0.15, -0.1) is 0 Å². The number of anilines is 1. The highest BCUT2D eigenvalue weighted by Gasteiger charge is 2.34. The molecule has 3 rings (SSSR count). The molecule has 0 bridgehead atoms. The van der Waals surface area contributed by atoms with Crippen LogP contribution < -0.4 is 5.32 Å². The molecular formula is C16H24N6. The fourth-order valence-corrected chi connectivity index (χ4v) is 3.28. The van der Waals surface area contributed by atoms with Gasteiger partial charge in [-0.05, 0) is 49.5 Å². The number of likely N-dealkylation sites (N-methyl/N-ethyl adjacent to an activating group) is 1. The lowest BCUT2D eigenvalue weighted by molar-refractivity contribution is 0.113. The second-order valence-electron chi connectivity index (χ2n) is 6.28. The molecule has 0 radical (unpaired) electrons. The molecule has 6 nitrogen and oxygen atoms in total. The first-order valence-electron chi connectivity index (χ1n) is 7.96. The monoisotopic (exact) mass is 300 g/mol. The lowest BCUT2D eigenvalue weighted by Gasteiger charge is -2.43. The van der Waals surface area contributed by atoms with Crippen LogP contribution in [-0.4, -0.2) is 51.3 Å². The smallest absolute Gasteiger partial charge is 0.247 e. The van der Waals surface area contributed by atoms with Gasteiger partial charge in [0.2, 0.25) is 5.95 Å². The van der Waals surface area contributed by atoms with Crippen molar-refractivity contribution < 1.29 is 0 Å². The van der Waals surface area contributed by atoms with Crippen LogP contribution in [0.15, 0.2) is 30.3 Å². The Hall–Kier alpha value is -1.95. The van der Waals surface area contributed by atoms with Crippen molar-refractivity contribution in [2.75, 3.05) is 26.0 Å². The molecule has 1 aromatic heterocycles. The van der Waals surface area contributed by atoms with Crippen molar-refractivity contribution in [3.8, 4) is 5.69 Å². The Morgan fingerprint density at radius 2 is 1.86 bits per heavy atom. The molecule has 2 aromatic rings. The maximum absolute atomic E-state index is 4.14. The van der Waals surface area contributed by atoms with Gasteiger partial charge < -0.3 is 10.2 Å². The topological polar surface area (TPSA) is 58.9 Å². The molecule has 1 fully saturated rings. The zero-order valence-corrected chi connectivity index (χ0v) is 13.4. The summed E-state index contributed by atoms with van der Waals surface area (Å²) in [4.78, 5) is 2.36. The predicted molar refractivity (Wildman–Crippen MR) is 87.1 cm³/mol. The number of nitrogens with zero attached hydrogens (tertiary/aromatic N) is 5. The summed E-state index contributed by atoms with van der Waals surface area (Å²) >= 11 is 0. The van der Waals surface area contributed by atoms with Gasteiger partial charge in [0.05, 0.1) is 5.69 Å². The minimum absolute atomic E-state index is 0.200. The molecule has 0 atom stereocenters. The molecule has 0 spiro atoms. The molecule has 1 aliphatic rings. The average Bonchev–Trinajstić information content (AvgIpc) is 3.03. The van der Waals surface area contributed by atoms with E-state index < -0.39 is 0 Å². The summed E-state index contributed by atoms with van der Waals surface area (Å²) < 4.78 is 1.76. The maximum atomic E-state index is 4.14. The fourth-order valence-electron chi connectivity index (χ4n) is 3.28. The number of nitrogens with one attached hydrogen (secondary N) is 1. The molecule has 118 valence electrons. The van der Waals surface area contributed by atoms with Gasteiger partial charge in [-0.25, -0.2) is 0 Å². The van der Waals surface area contributed by atoms with E-state index in [1.807, 2.05) is 30.3 Å². The van der Waals surface area contributed by atoms with Crippen molar-refractivity contribution >= 4 is 5.95 Å². The lowest BCUT2D eigenvalue weighted by Crippen LogP contribution is -2.51. The molecule has 1 aliphatic carbocycles. The maximum Gasteiger partial charge on any atom is 0.247 e. The van der Waals surface area contributed by atoms with Gasteiger partial charge in [-0.1, -0.05) is 42.6 Å². The third-order valence-electron chi connectivity index (χ3n) is 4.78. The molecule has 0 saturated heterocycles. The molecule has 0 aliphatic heterocycles. The molecule has 6 heteroatoms. The van der Waals surface area contributed by atoms with Gasteiger partial charge in [0.15, 0.2) is 0 Å². The Kier molecular flexibility index (Phi) is 4.38. The summed E-state index contributed by atoms with van der Waals surface area (Å²) in [6.07, 6.45) is 6.38. The molecule has 1 N–H and O–H groups in total. The van der Waals surface area contributed by atoms with Crippen molar-refractivity contribution in [3.05, 3.63) is 30.3 Å². The zero-order valence-electron chi connectivity index (χ0n) is 13.4. The van der Waals surface area contributed by atoms with Crippen molar-refractivity contribution in [2.45, 2.75) is 37.6 Å². The highest BCUT2D eigenvalue weighted by atomic mass is 15.6. The van der Waals surface area contributed by atoms with Gasteiger partial charge >= 0.3 is 0 Å². The van der Waals surface area contributed by atoms with Crippen LogP contribution in [-0.2, 0) is 0 Å². The van der Waals surface area contributed by atoms with E-state index in [0.29, 0.717) is 5.95 Å². The van der Waals surface area contributed by atoms with Gasteiger partial charge in [0.1, 0.15) is 0 Å². The standard InChI is InChI=1S/C16H24N6/c1-21(2)16(11-7-4-8-12-16)13-17-15-18-19-20-22(15)14-9-5-3-6-10-14/h3,5-6,9-10H,4,7-8,11-13H2,1-2H3,(H,17,18,20). The Morgan fingerprint density at radius 3 is 2.55 bits per heavy atom. The molecule has 22 heavy (non-hydrogen) atoms. The van der Waals surface area contributed by atoms with Gasteiger partial charge in [0, 0.05) is 12.1 Å². The fraction of sp³-hybridized carbons (Fsp3) is 0.562. The van der Waals surface area contributed by atoms with E-state index >= 15 is 0 Å². The van der Waals surface area contributed by atoms with E-state index in [-0.39, 0.29) is 5.54 Å². The zero-order chi connectivity index (χ0) is 15.4. The largest absolute Gasteiger partial charge is 0.351 e. The SMILES string of the molecule is CN(C)C1(CNc2nnnn2-c2ccccc2)CCCCC1. The third kappa shape index (κ3) is 2.97. The number of tetrazole rings is 1. The second-order valence-corrected chi connectivity index (χ2v) is 6.28. The first-order chi connectivity index (χ1) is 10.7. The number of hydrogen-bond acceptors (Lipinski definition) is 5. The first-order valence-corrected chi connectivity index (χ1v) is 7.96. The molecule has 1 heterocycles. The number of benzene rings is 1. The molecule has 1 aromatic carbocycles. The van der Waals surface area contributed by atoms with Crippen molar-refractivity contribution in [2.24, 2.45) is 0 Å². The van der Waals surface area contributed by atoms with Gasteiger partial charge in [-0.3, -0.25) is 0 Å². The average molecular weight is 300 g/mol. The van der Waals surface area contributed by atoms with Crippen LogP contribution in [0.25, 0.3) is 5.69 Å². The van der Waals surface area contributed by atoms with Gasteiger partial charge in [-0.2, -0.15) is 4.68 Å². The van der Waals surface area contributed by atoms with E-state index in [4.69, 9.17) is 0 Å². The van der Waals surface area contributed by atoms with E-state index in [9.17, 15) is 0 Å². The van der Waals surface area contributed by atoms with Crippen LogP contribution in [0, 0.1) is 0 Å². The summed E-state index contributed by atoms with van der Waals surface area (Å²) in [6.45, 7) is 0.868. The van der Waals surface area contributed by atoms with E-state index in [2.05, 4.69) is 39.8 Å². The molecule has 0 amide bonds. The van der Waals surface area contributed by atoms with Crippen LogP contribution >= 0.6 is 0 Å². The number of aromatic nitrogens is 4. The van der Waals surface area contributed by atoms with Crippen LogP contribution in [0.5, 0.6) is 0 Å². The molecule has 1 saturated carbocycles. The number of rotatable bonds is 5. The lowest BCUT2D eigenvalue weighted by atomic mass is 9.80.